The van der Waals surface area contributed by atoms with Gasteiger partial charge in [0.15, 0.2) is 0 Å². The van der Waals surface area contributed by atoms with Crippen LogP contribution in [0.4, 0.5) is 0 Å². The van der Waals surface area contributed by atoms with Crippen LogP contribution in [0.15, 0.2) is 24.3 Å². The molecule has 0 aliphatic heterocycles. The van der Waals surface area contributed by atoms with Crippen molar-refractivity contribution in [2.45, 2.75) is 33.1 Å². The topological polar surface area (TPSA) is 21.7 Å². The molecule has 0 bridgehead atoms. The summed E-state index contributed by atoms with van der Waals surface area (Å²) in [4.78, 5) is 2.46. The summed E-state index contributed by atoms with van der Waals surface area (Å²) in [5.74, 6) is 1.74. The predicted molar refractivity (Wildman–Crippen MR) is 80.1 cm³/mol. The van der Waals surface area contributed by atoms with E-state index in [4.69, 9.17) is 9.47 Å². The average Bonchev–Trinajstić information content (AvgIpc) is 2.47. The van der Waals surface area contributed by atoms with E-state index in [1.165, 1.54) is 19.4 Å². The molecule has 0 fully saturated rings. The number of nitrogens with zero attached hydrogens (tertiary/aromatic N) is 1. The van der Waals surface area contributed by atoms with E-state index in [-0.39, 0.29) is 0 Å². The monoisotopic (exact) mass is 265 g/mol. The van der Waals surface area contributed by atoms with Crippen molar-refractivity contribution >= 4 is 0 Å². The van der Waals surface area contributed by atoms with E-state index in [9.17, 15) is 0 Å². The number of hydrogen-bond donors (Lipinski definition) is 0. The number of rotatable bonds is 10. The molecule has 3 heteroatoms. The molecular formula is C16H27NO2. The van der Waals surface area contributed by atoms with E-state index in [0.29, 0.717) is 0 Å². The Morgan fingerprint density at radius 3 is 2.42 bits per heavy atom. The highest BCUT2D eigenvalue weighted by atomic mass is 16.5. The third-order valence-corrected chi connectivity index (χ3v) is 3.32. The molecule has 19 heavy (non-hydrogen) atoms. The summed E-state index contributed by atoms with van der Waals surface area (Å²) >= 11 is 0. The molecule has 0 saturated carbocycles. The summed E-state index contributed by atoms with van der Waals surface area (Å²) in [6.07, 6.45) is 3.59. The second-order valence-corrected chi connectivity index (χ2v) is 4.61. The zero-order chi connectivity index (χ0) is 13.9. The first kappa shape index (κ1) is 15.8. The van der Waals surface area contributed by atoms with Crippen molar-refractivity contribution in [1.82, 2.24) is 4.90 Å². The molecule has 0 aliphatic carbocycles. The summed E-state index contributed by atoms with van der Waals surface area (Å²) in [6, 6.07) is 7.78. The third-order valence-electron chi connectivity index (χ3n) is 3.32. The van der Waals surface area contributed by atoms with Crippen LogP contribution >= 0.6 is 0 Å². The van der Waals surface area contributed by atoms with Crippen LogP contribution in [0.5, 0.6) is 11.5 Å². The number of methoxy groups -OCH3 is 1. The van der Waals surface area contributed by atoms with Crippen LogP contribution in [-0.4, -0.2) is 38.3 Å². The molecule has 0 aliphatic rings. The van der Waals surface area contributed by atoms with E-state index in [1.807, 2.05) is 24.3 Å². The van der Waals surface area contributed by atoms with Crippen molar-refractivity contribution in [3.63, 3.8) is 0 Å². The van der Waals surface area contributed by atoms with Crippen molar-refractivity contribution in [3.8, 4) is 11.5 Å². The van der Waals surface area contributed by atoms with Gasteiger partial charge in [-0.3, -0.25) is 0 Å². The Balaban J connectivity index is 2.10. The molecule has 108 valence electrons. The van der Waals surface area contributed by atoms with Crippen LogP contribution in [0, 0.1) is 0 Å². The van der Waals surface area contributed by atoms with E-state index < -0.39 is 0 Å². The molecule has 0 saturated heterocycles. The first-order valence-electron chi connectivity index (χ1n) is 7.29. The van der Waals surface area contributed by atoms with Crippen molar-refractivity contribution in [3.05, 3.63) is 24.3 Å². The molecule has 0 N–H and O–H groups in total. The van der Waals surface area contributed by atoms with E-state index in [2.05, 4.69) is 18.7 Å². The summed E-state index contributed by atoms with van der Waals surface area (Å²) in [5, 5.41) is 0. The van der Waals surface area contributed by atoms with Crippen LogP contribution in [0.25, 0.3) is 0 Å². The maximum atomic E-state index is 5.71. The van der Waals surface area contributed by atoms with E-state index >= 15 is 0 Å². The Hall–Kier alpha value is -1.22. The number of benzene rings is 1. The highest BCUT2D eigenvalue weighted by Crippen LogP contribution is 2.19. The third kappa shape index (κ3) is 6.48. The highest BCUT2D eigenvalue weighted by molar-refractivity contribution is 5.32. The molecule has 0 radical (unpaired) electrons. The Morgan fingerprint density at radius 2 is 1.74 bits per heavy atom. The molecule has 1 rings (SSSR count). The van der Waals surface area contributed by atoms with Gasteiger partial charge < -0.3 is 14.4 Å². The van der Waals surface area contributed by atoms with Crippen molar-refractivity contribution in [2.24, 2.45) is 0 Å². The molecule has 0 aromatic heterocycles. The number of ether oxygens (including phenoxy) is 2. The van der Waals surface area contributed by atoms with Gasteiger partial charge >= 0.3 is 0 Å². The van der Waals surface area contributed by atoms with Crippen LogP contribution in [0.3, 0.4) is 0 Å². The van der Waals surface area contributed by atoms with Gasteiger partial charge in [0.05, 0.1) is 13.7 Å². The van der Waals surface area contributed by atoms with Gasteiger partial charge in [0.1, 0.15) is 11.5 Å². The Labute approximate surface area is 117 Å². The normalized spacial score (nSPS) is 10.7. The fourth-order valence-corrected chi connectivity index (χ4v) is 2.04. The van der Waals surface area contributed by atoms with Crippen LogP contribution in [0.2, 0.25) is 0 Å². The Morgan fingerprint density at radius 1 is 1.00 bits per heavy atom. The van der Waals surface area contributed by atoms with Crippen LogP contribution in [0.1, 0.15) is 33.1 Å². The smallest absolute Gasteiger partial charge is 0.122 e. The van der Waals surface area contributed by atoms with E-state index in [0.717, 1.165) is 37.6 Å². The van der Waals surface area contributed by atoms with E-state index in [1.54, 1.807) is 7.11 Å². The molecule has 3 nitrogen and oxygen atoms in total. The lowest BCUT2D eigenvalue weighted by Crippen LogP contribution is -2.23. The molecule has 0 unspecified atom stereocenters. The average molecular weight is 265 g/mol. The lowest BCUT2D eigenvalue weighted by Gasteiger charge is -2.17. The number of hydrogen-bond acceptors (Lipinski definition) is 3. The highest BCUT2D eigenvalue weighted by Gasteiger charge is 1.99. The van der Waals surface area contributed by atoms with Gasteiger partial charge in [0.2, 0.25) is 0 Å². The zero-order valence-corrected chi connectivity index (χ0v) is 12.5. The molecule has 0 heterocycles. The van der Waals surface area contributed by atoms with Gasteiger partial charge in [0.25, 0.3) is 0 Å². The van der Waals surface area contributed by atoms with Gasteiger partial charge in [-0.05, 0) is 51.0 Å². The second-order valence-electron chi connectivity index (χ2n) is 4.61. The van der Waals surface area contributed by atoms with Crippen molar-refractivity contribution < 1.29 is 9.47 Å². The Bertz CT molecular complexity index is 337. The quantitative estimate of drug-likeness (QED) is 0.603. The van der Waals surface area contributed by atoms with Crippen LogP contribution in [-0.2, 0) is 0 Å². The number of unbranched alkanes of at least 4 members (excludes halogenated alkanes) is 2. The standard InChI is InChI=1S/C16H27NO2/c1-4-17(5-2)12-7-6-8-13-19-16-11-9-10-15(14-16)18-3/h9-11,14H,4-8,12-13H2,1-3H3. The largest absolute Gasteiger partial charge is 0.497 e. The minimum Gasteiger partial charge on any atom is -0.497 e. The maximum Gasteiger partial charge on any atom is 0.122 e. The first-order chi connectivity index (χ1) is 9.30. The molecular weight excluding hydrogens is 238 g/mol. The van der Waals surface area contributed by atoms with Gasteiger partial charge in [-0.25, -0.2) is 0 Å². The van der Waals surface area contributed by atoms with Gasteiger partial charge in [-0.1, -0.05) is 19.9 Å². The molecule has 0 spiro atoms. The summed E-state index contributed by atoms with van der Waals surface area (Å²) in [7, 11) is 1.67. The Kier molecular flexibility index (Phi) is 8.07. The fraction of sp³-hybridized carbons (Fsp3) is 0.625. The lowest BCUT2D eigenvalue weighted by atomic mass is 10.2. The second kappa shape index (κ2) is 9.68. The van der Waals surface area contributed by atoms with Crippen molar-refractivity contribution in [1.29, 1.82) is 0 Å². The van der Waals surface area contributed by atoms with Gasteiger partial charge in [0, 0.05) is 6.07 Å². The summed E-state index contributed by atoms with van der Waals surface area (Å²) in [6.45, 7) is 8.72. The maximum absolute atomic E-state index is 5.71. The lowest BCUT2D eigenvalue weighted by molar-refractivity contribution is 0.276. The summed E-state index contributed by atoms with van der Waals surface area (Å²) in [5.41, 5.74) is 0. The molecule has 0 amide bonds. The molecule has 0 atom stereocenters. The predicted octanol–water partition coefficient (Wildman–Crippen LogP) is 3.59. The molecule has 1 aromatic rings. The zero-order valence-electron chi connectivity index (χ0n) is 12.5. The van der Waals surface area contributed by atoms with Crippen LogP contribution < -0.4 is 9.47 Å². The van der Waals surface area contributed by atoms with Gasteiger partial charge in [-0.2, -0.15) is 0 Å². The fourth-order valence-electron chi connectivity index (χ4n) is 2.04. The minimum absolute atomic E-state index is 0.783. The van der Waals surface area contributed by atoms with Crippen molar-refractivity contribution in [2.75, 3.05) is 33.4 Å². The minimum atomic E-state index is 0.783. The SMILES string of the molecule is CCN(CC)CCCCCOc1cccc(OC)c1. The first-order valence-corrected chi connectivity index (χ1v) is 7.29. The molecule has 1 aromatic carbocycles. The van der Waals surface area contributed by atoms with Gasteiger partial charge in [-0.15, -0.1) is 0 Å². The summed E-state index contributed by atoms with van der Waals surface area (Å²) < 4.78 is 10.9.